The predicted molar refractivity (Wildman–Crippen MR) is 76.2 cm³/mol. The molecule has 110 valence electrons. The summed E-state index contributed by atoms with van der Waals surface area (Å²) in [7, 11) is 0. The van der Waals surface area contributed by atoms with E-state index < -0.39 is 4.92 Å². The third-order valence-electron chi connectivity index (χ3n) is 2.53. The number of benzene rings is 1. The number of hydrogen-bond acceptors (Lipinski definition) is 7. The zero-order chi connectivity index (χ0) is 15.4. The zero-order valence-electron chi connectivity index (χ0n) is 11.3. The Labute approximate surface area is 124 Å². The van der Waals surface area contributed by atoms with Crippen molar-refractivity contribution in [2.75, 3.05) is 11.1 Å². The van der Waals surface area contributed by atoms with Gasteiger partial charge in [-0.05, 0) is 18.6 Å². The van der Waals surface area contributed by atoms with E-state index in [9.17, 15) is 14.9 Å². The van der Waals surface area contributed by atoms with Crippen molar-refractivity contribution in [3.63, 3.8) is 0 Å². The van der Waals surface area contributed by atoms with Gasteiger partial charge in [0.15, 0.2) is 0 Å². The number of thioether (sulfide) groups is 1. The summed E-state index contributed by atoms with van der Waals surface area (Å²) in [5, 5.41) is 21.1. The minimum Gasteiger partial charge on any atom is -0.416 e. The molecule has 0 aliphatic rings. The second kappa shape index (κ2) is 6.35. The molecule has 0 aliphatic carbocycles. The van der Waals surface area contributed by atoms with E-state index in [1.165, 1.54) is 18.2 Å². The lowest BCUT2D eigenvalue weighted by Gasteiger charge is -2.07. The number of non-ortho nitro benzene ring substituents is 1. The van der Waals surface area contributed by atoms with Crippen molar-refractivity contribution in [3.8, 4) is 0 Å². The van der Waals surface area contributed by atoms with Crippen LogP contribution < -0.4 is 5.32 Å². The van der Waals surface area contributed by atoms with Gasteiger partial charge in [0.25, 0.3) is 10.9 Å². The number of aryl methyl sites for hydroxylation is 2. The number of hydrogen-bond donors (Lipinski definition) is 1. The zero-order valence-corrected chi connectivity index (χ0v) is 12.1. The first-order chi connectivity index (χ1) is 9.95. The number of rotatable bonds is 5. The molecule has 0 unspecified atom stereocenters. The van der Waals surface area contributed by atoms with E-state index in [0.29, 0.717) is 22.4 Å². The molecule has 1 N–H and O–H groups in total. The number of nitro groups is 1. The molecule has 0 saturated carbocycles. The van der Waals surface area contributed by atoms with Crippen molar-refractivity contribution in [2.24, 2.45) is 0 Å². The number of anilines is 1. The fraction of sp³-hybridized carbons (Fsp3) is 0.250. The molecule has 0 saturated heterocycles. The smallest absolute Gasteiger partial charge is 0.277 e. The van der Waals surface area contributed by atoms with Crippen LogP contribution in [0.4, 0.5) is 11.4 Å². The van der Waals surface area contributed by atoms with Gasteiger partial charge in [0.2, 0.25) is 11.8 Å². The number of nitro benzene ring substituents is 1. The molecule has 21 heavy (non-hydrogen) atoms. The van der Waals surface area contributed by atoms with Crippen molar-refractivity contribution < 1.29 is 14.1 Å². The molecular formula is C12H12N4O4S. The molecule has 0 spiro atoms. The van der Waals surface area contributed by atoms with Crippen LogP contribution in [-0.4, -0.2) is 26.8 Å². The van der Waals surface area contributed by atoms with Crippen molar-refractivity contribution >= 4 is 29.0 Å². The maximum absolute atomic E-state index is 11.8. The highest BCUT2D eigenvalue weighted by molar-refractivity contribution is 7.99. The molecule has 0 atom stereocenters. The standard InChI is InChI=1S/C12H12N4O4S/c1-7-5-9(16(18)19)3-4-10(7)13-11(17)6-21-12-15-14-8(2)20-12/h3-5H,6H2,1-2H3,(H,13,17). The van der Waals surface area contributed by atoms with Crippen LogP contribution in [0.15, 0.2) is 27.8 Å². The summed E-state index contributed by atoms with van der Waals surface area (Å²) < 4.78 is 5.14. The molecule has 1 aromatic heterocycles. The lowest BCUT2D eigenvalue weighted by atomic mass is 10.2. The minimum absolute atomic E-state index is 0.0128. The number of carbonyl (C=O) groups is 1. The molecule has 0 aliphatic heterocycles. The molecule has 8 nitrogen and oxygen atoms in total. The summed E-state index contributed by atoms with van der Waals surface area (Å²) in [6, 6.07) is 4.26. The van der Waals surface area contributed by atoms with Crippen molar-refractivity contribution in [1.29, 1.82) is 0 Å². The molecule has 0 radical (unpaired) electrons. The summed E-state index contributed by atoms with van der Waals surface area (Å²) in [6.45, 7) is 3.36. The van der Waals surface area contributed by atoms with Gasteiger partial charge in [-0.15, -0.1) is 10.2 Å². The quantitative estimate of drug-likeness (QED) is 0.512. The lowest BCUT2D eigenvalue weighted by molar-refractivity contribution is -0.384. The first kappa shape index (κ1) is 15.0. The number of nitrogens with one attached hydrogen (secondary N) is 1. The Morgan fingerprint density at radius 2 is 2.19 bits per heavy atom. The van der Waals surface area contributed by atoms with Gasteiger partial charge in [-0.2, -0.15) is 0 Å². The van der Waals surface area contributed by atoms with Gasteiger partial charge in [-0.1, -0.05) is 11.8 Å². The molecule has 2 aromatic rings. The van der Waals surface area contributed by atoms with Gasteiger partial charge in [0.05, 0.1) is 10.7 Å². The van der Waals surface area contributed by atoms with Crippen LogP contribution in [0.1, 0.15) is 11.5 Å². The van der Waals surface area contributed by atoms with Crippen molar-refractivity contribution in [3.05, 3.63) is 39.8 Å². The lowest BCUT2D eigenvalue weighted by Crippen LogP contribution is -2.14. The molecule has 1 aromatic carbocycles. The molecular weight excluding hydrogens is 296 g/mol. The third kappa shape index (κ3) is 4.02. The monoisotopic (exact) mass is 308 g/mol. The molecule has 2 rings (SSSR count). The van der Waals surface area contributed by atoms with Crippen LogP contribution in [0.5, 0.6) is 0 Å². The maximum Gasteiger partial charge on any atom is 0.277 e. The predicted octanol–water partition coefficient (Wildman–Crippen LogP) is 2.33. The van der Waals surface area contributed by atoms with Crippen LogP contribution in [0.3, 0.4) is 0 Å². The van der Waals surface area contributed by atoms with Crippen LogP contribution in [0.25, 0.3) is 0 Å². The Morgan fingerprint density at radius 3 is 2.76 bits per heavy atom. The van der Waals surface area contributed by atoms with E-state index in [0.717, 1.165) is 11.8 Å². The highest BCUT2D eigenvalue weighted by Gasteiger charge is 2.12. The van der Waals surface area contributed by atoms with Crippen LogP contribution in [0.2, 0.25) is 0 Å². The van der Waals surface area contributed by atoms with E-state index >= 15 is 0 Å². The number of nitrogens with zero attached hydrogens (tertiary/aromatic N) is 3. The Bertz CT molecular complexity index is 686. The molecule has 1 heterocycles. The van der Waals surface area contributed by atoms with E-state index in [2.05, 4.69) is 15.5 Å². The largest absolute Gasteiger partial charge is 0.416 e. The van der Waals surface area contributed by atoms with Crippen LogP contribution >= 0.6 is 11.8 Å². The summed E-state index contributed by atoms with van der Waals surface area (Å²) >= 11 is 1.12. The third-order valence-corrected chi connectivity index (χ3v) is 3.35. The SMILES string of the molecule is Cc1nnc(SCC(=O)Nc2ccc([N+](=O)[O-])cc2C)o1. The highest BCUT2D eigenvalue weighted by Crippen LogP contribution is 2.22. The van der Waals surface area contributed by atoms with Gasteiger partial charge in [0.1, 0.15) is 0 Å². The Morgan fingerprint density at radius 1 is 1.43 bits per heavy atom. The summed E-state index contributed by atoms with van der Waals surface area (Å²) in [5.41, 5.74) is 1.14. The molecule has 0 fully saturated rings. The van der Waals surface area contributed by atoms with Crippen LogP contribution in [-0.2, 0) is 4.79 Å². The van der Waals surface area contributed by atoms with Crippen molar-refractivity contribution in [1.82, 2.24) is 10.2 Å². The normalized spacial score (nSPS) is 10.4. The summed E-state index contributed by atoms with van der Waals surface area (Å²) in [5.74, 6) is 0.287. The Kier molecular flexibility index (Phi) is 4.53. The van der Waals surface area contributed by atoms with Crippen LogP contribution in [0, 0.1) is 24.0 Å². The molecule has 1 amide bonds. The second-order valence-electron chi connectivity index (χ2n) is 4.18. The first-order valence-electron chi connectivity index (χ1n) is 5.93. The van der Waals surface area contributed by atoms with Crippen molar-refractivity contribution in [2.45, 2.75) is 19.1 Å². The first-order valence-corrected chi connectivity index (χ1v) is 6.92. The average Bonchev–Trinajstić information content (AvgIpc) is 2.84. The van der Waals surface area contributed by atoms with E-state index in [1.54, 1.807) is 13.8 Å². The van der Waals surface area contributed by atoms with E-state index in [4.69, 9.17) is 4.42 Å². The summed E-state index contributed by atoms with van der Waals surface area (Å²) in [4.78, 5) is 22.0. The topological polar surface area (TPSA) is 111 Å². The van der Waals surface area contributed by atoms with Gasteiger partial charge in [-0.25, -0.2) is 0 Å². The number of carbonyl (C=O) groups excluding carboxylic acids is 1. The second-order valence-corrected chi connectivity index (χ2v) is 5.11. The van der Waals surface area contributed by atoms with E-state index in [1.807, 2.05) is 0 Å². The van der Waals surface area contributed by atoms with Gasteiger partial charge in [-0.3, -0.25) is 14.9 Å². The summed E-state index contributed by atoms with van der Waals surface area (Å²) in [6.07, 6.45) is 0. The fourth-order valence-electron chi connectivity index (χ4n) is 1.55. The van der Waals surface area contributed by atoms with Gasteiger partial charge in [0, 0.05) is 24.7 Å². The van der Waals surface area contributed by atoms with Gasteiger partial charge < -0.3 is 9.73 Å². The fourth-order valence-corrected chi connectivity index (χ4v) is 2.16. The van der Waals surface area contributed by atoms with Gasteiger partial charge >= 0.3 is 0 Å². The molecule has 9 heteroatoms. The Hall–Kier alpha value is -2.42. The maximum atomic E-state index is 11.8. The van der Waals surface area contributed by atoms with E-state index in [-0.39, 0.29) is 17.3 Å². The number of aromatic nitrogens is 2. The minimum atomic E-state index is -0.480. The number of amides is 1. The highest BCUT2D eigenvalue weighted by atomic mass is 32.2. The molecule has 0 bridgehead atoms. The average molecular weight is 308 g/mol. The Balaban J connectivity index is 1.94.